The third-order valence-electron chi connectivity index (χ3n) is 2.96. The molecule has 2 aromatic carbocycles. The minimum Gasteiger partial charge on any atom is -0.494 e. The molecule has 0 aliphatic heterocycles. The number of nitrogens with one attached hydrogen (secondary N) is 2. The molecule has 23 heavy (non-hydrogen) atoms. The van der Waals surface area contributed by atoms with Crippen LogP contribution in [0.2, 0.25) is 5.02 Å². The zero-order valence-corrected chi connectivity index (χ0v) is 13.4. The Labute approximate surface area is 139 Å². The highest BCUT2D eigenvalue weighted by Crippen LogP contribution is 2.15. The molecule has 2 rings (SSSR count). The van der Waals surface area contributed by atoms with Gasteiger partial charge in [-0.2, -0.15) is 0 Å². The second kappa shape index (κ2) is 8.19. The Balaban J connectivity index is 1.82. The van der Waals surface area contributed by atoms with Gasteiger partial charge in [0.15, 0.2) is 0 Å². The van der Waals surface area contributed by atoms with E-state index in [4.69, 9.17) is 16.3 Å². The van der Waals surface area contributed by atoms with Crippen LogP contribution in [-0.4, -0.2) is 25.0 Å². The maximum Gasteiger partial charge on any atom is 0.251 e. The number of anilines is 1. The average molecular weight is 333 g/mol. The first-order valence-corrected chi connectivity index (χ1v) is 7.52. The lowest BCUT2D eigenvalue weighted by atomic mass is 10.2. The Bertz CT molecular complexity index is 669. The predicted octanol–water partition coefficient (Wildman–Crippen LogP) is 3.11. The standard InChI is InChI=1S/C17H17ClN2O3/c1-2-23-15-9-7-14(8-10-15)20-16(21)11-19-17(22)12-3-5-13(18)6-4-12/h3-10H,2,11H2,1H3,(H,19,22)(H,20,21). The lowest BCUT2D eigenvalue weighted by Gasteiger charge is -2.08. The van der Waals surface area contributed by atoms with Crippen molar-refractivity contribution in [2.75, 3.05) is 18.5 Å². The van der Waals surface area contributed by atoms with Gasteiger partial charge in [0.1, 0.15) is 5.75 Å². The van der Waals surface area contributed by atoms with Crippen LogP contribution in [0.15, 0.2) is 48.5 Å². The Morgan fingerprint density at radius 1 is 1.04 bits per heavy atom. The summed E-state index contributed by atoms with van der Waals surface area (Å²) in [6.45, 7) is 2.37. The van der Waals surface area contributed by atoms with Crippen molar-refractivity contribution in [3.05, 3.63) is 59.1 Å². The summed E-state index contributed by atoms with van der Waals surface area (Å²) in [7, 11) is 0. The first-order chi connectivity index (χ1) is 11.1. The first kappa shape index (κ1) is 16.8. The van der Waals surface area contributed by atoms with Gasteiger partial charge in [-0.25, -0.2) is 0 Å². The summed E-state index contributed by atoms with van der Waals surface area (Å²) in [5.41, 5.74) is 1.09. The number of benzene rings is 2. The molecule has 2 N–H and O–H groups in total. The molecule has 6 heteroatoms. The lowest BCUT2D eigenvalue weighted by Crippen LogP contribution is -2.32. The molecular weight excluding hydrogens is 316 g/mol. The molecule has 0 atom stereocenters. The van der Waals surface area contributed by atoms with Crippen LogP contribution in [0.25, 0.3) is 0 Å². The van der Waals surface area contributed by atoms with Crippen LogP contribution >= 0.6 is 11.6 Å². The predicted molar refractivity (Wildman–Crippen MR) is 90.0 cm³/mol. The van der Waals surface area contributed by atoms with E-state index in [9.17, 15) is 9.59 Å². The van der Waals surface area contributed by atoms with Crippen LogP contribution < -0.4 is 15.4 Å². The van der Waals surface area contributed by atoms with Crippen LogP contribution in [0, 0.1) is 0 Å². The molecule has 0 spiro atoms. The molecule has 120 valence electrons. The summed E-state index contributed by atoms with van der Waals surface area (Å²) in [5.74, 6) is 0.0986. The zero-order chi connectivity index (χ0) is 16.7. The fraction of sp³-hybridized carbons (Fsp3) is 0.176. The third-order valence-corrected chi connectivity index (χ3v) is 3.22. The number of carbonyl (C=O) groups is 2. The second-order valence-corrected chi connectivity index (χ2v) is 5.13. The number of hydrogen-bond donors (Lipinski definition) is 2. The normalized spacial score (nSPS) is 10.0. The fourth-order valence-corrected chi connectivity index (χ4v) is 2.00. The summed E-state index contributed by atoms with van der Waals surface area (Å²) >= 11 is 5.76. The molecule has 2 amide bonds. The van der Waals surface area contributed by atoms with Crippen LogP contribution in [0.3, 0.4) is 0 Å². The highest BCUT2D eigenvalue weighted by Gasteiger charge is 2.08. The van der Waals surface area contributed by atoms with Crippen molar-refractivity contribution >= 4 is 29.1 Å². The summed E-state index contributed by atoms with van der Waals surface area (Å²) in [4.78, 5) is 23.7. The molecule has 2 aromatic rings. The highest BCUT2D eigenvalue weighted by atomic mass is 35.5. The van der Waals surface area contributed by atoms with Gasteiger partial charge in [0, 0.05) is 16.3 Å². The van der Waals surface area contributed by atoms with Gasteiger partial charge in [-0.1, -0.05) is 11.6 Å². The topological polar surface area (TPSA) is 67.4 Å². The highest BCUT2D eigenvalue weighted by molar-refractivity contribution is 6.30. The number of hydrogen-bond acceptors (Lipinski definition) is 3. The molecule has 0 bridgehead atoms. The Hall–Kier alpha value is -2.53. The zero-order valence-electron chi connectivity index (χ0n) is 12.6. The van der Waals surface area contributed by atoms with Gasteiger partial charge in [-0.05, 0) is 55.5 Å². The monoisotopic (exact) mass is 332 g/mol. The van der Waals surface area contributed by atoms with Crippen molar-refractivity contribution in [2.45, 2.75) is 6.92 Å². The molecular formula is C17H17ClN2O3. The van der Waals surface area contributed by atoms with Crippen molar-refractivity contribution in [1.82, 2.24) is 5.32 Å². The van der Waals surface area contributed by atoms with E-state index in [1.54, 1.807) is 48.5 Å². The van der Waals surface area contributed by atoms with E-state index in [0.717, 1.165) is 5.75 Å². The number of rotatable bonds is 6. The Morgan fingerprint density at radius 2 is 1.70 bits per heavy atom. The molecule has 0 unspecified atom stereocenters. The molecule has 5 nitrogen and oxygen atoms in total. The van der Waals surface area contributed by atoms with Crippen molar-refractivity contribution in [3.63, 3.8) is 0 Å². The van der Waals surface area contributed by atoms with E-state index in [2.05, 4.69) is 10.6 Å². The second-order valence-electron chi connectivity index (χ2n) is 4.70. The van der Waals surface area contributed by atoms with Crippen molar-refractivity contribution in [2.24, 2.45) is 0 Å². The molecule has 0 heterocycles. The van der Waals surface area contributed by atoms with Gasteiger partial charge < -0.3 is 15.4 Å². The number of halogens is 1. The van der Waals surface area contributed by atoms with Gasteiger partial charge in [0.25, 0.3) is 5.91 Å². The third kappa shape index (κ3) is 5.30. The smallest absolute Gasteiger partial charge is 0.251 e. The van der Waals surface area contributed by atoms with Crippen LogP contribution in [-0.2, 0) is 4.79 Å². The van der Waals surface area contributed by atoms with Crippen molar-refractivity contribution in [1.29, 1.82) is 0 Å². The maximum absolute atomic E-state index is 11.9. The molecule has 0 aliphatic rings. The van der Waals surface area contributed by atoms with E-state index in [0.29, 0.717) is 22.9 Å². The van der Waals surface area contributed by atoms with Crippen LogP contribution in [0.4, 0.5) is 5.69 Å². The lowest BCUT2D eigenvalue weighted by molar-refractivity contribution is -0.115. The number of amides is 2. The van der Waals surface area contributed by atoms with Crippen LogP contribution in [0.5, 0.6) is 5.75 Å². The minimum absolute atomic E-state index is 0.116. The van der Waals surface area contributed by atoms with E-state index < -0.39 is 0 Å². The average Bonchev–Trinajstić information content (AvgIpc) is 2.55. The van der Waals surface area contributed by atoms with E-state index in [1.807, 2.05) is 6.92 Å². The van der Waals surface area contributed by atoms with Crippen molar-refractivity contribution in [3.8, 4) is 5.75 Å². The summed E-state index contributed by atoms with van der Waals surface area (Å²) in [5, 5.41) is 5.80. The Kier molecular flexibility index (Phi) is 6.00. The molecule has 0 fully saturated rings. The largest absolute Gasteiger partial charge is 0.494 e. The van der Waals surface area contributed by atoms with Gasteiger partial charge in [-0.15, -0.1) is 0 Å². The molecule has 0 saturated heterocycles. The quantitative estimate of drug-likeness (QED) is 0.854. The van der Waals surface area contributed by atoms with E-state index >= 15 is 0 Å². The fourth-order valence-electron chi connectivity index (χ4n) is 1.87. The van der Waals surface area contributed by atoms with Gasteiger partial charge >= 0.3 is 0 Å². The van der Waals surface area contributed by atoms with E-state index in [-0.39, 0.29) is 18.4 Å². The van der Waals surface area contributed by atoms with Gasteiger partial charge in [0.2, 0.25) is 5.91 Å². The van der Waals surface area contributed by atoms with Gasteiger partial charge in [-0.3, -0.25) is 9.59 Å². The molecule has 0 aliphatic carbocycles. The Morgan fingerprint density at radius 3 is 2.30 bits per heavy atom. The minimum atomic E-state index is -0.330. The van der Waals surface area contributed by atoms with Crippen LogP contribution in [0.1, 0.15) is 17.3 Å². The number of ether oxygens (including phenoxy) is 1. The first-order valence-electron chi connectivity index (χ1n) is 7.15. The maximum atomic E-state index is 11.9. The molecule has 0 saturated carbocycles. The molecule has 0 aromatic heterocycles. The van der Waals surface area contributed by atoms with E-state index in [1.165, 1.54) is 0 Å². The SMILES string of the molecule is CCOc1ccc(NC(=O)CNC(=O)c2ccc(Cl)cc2)cc1. The number of carbonyl (C=O) groups excluding carboxylic acids is 2. The summed E-state index contributed by atoms with van der Waals surface area (Å²) in [6, 6.07) is 13.5. The molecule has 0 radical (unpaired) electrons. The van der Waals surface area contributed by atoms with Crippen molar-refractivity contribution < 1.29 is 14.3 Å². The summed E-state index contributed by atoms with van der Waals surface area (Å²) in [6.07, 6.45) is 0. The van der Waals surface area contributed by atoms with Gasteiger partial charge in [0.05, 0.1) is 13.2 Å². The summed E-state index contributed by atoms with van der Waals surface area (Å²) < 4.78 is 5.32.